The molecular formula is C22H29N5O9. The Labute approximate surface area is 205 Å². The number of hydrogen-bond donors (Lipinski definition) is 7. The molecule has 0 aliphatic rings. The number of nitrogens with one attached hydrogen (secondary N) is 3. The fraction of sp³-hybridized carbons (Fsp3) is 0.409. The van der Waals surface area contributed by atoms with Gasteiger partial charge in [-0.2, -0.15) is 0 Å². The summed E-state index contributed by atoms with van der Waals surface area (Å²) < 4.78 is 0. The van der Waals surface area contributed by atoms with Crippen molar-refractivity contribution in [1.29, 1.82) is 0 Å². The lowest BCUT2D eigenvalue weighted by Gasteiger charge is -2.24. The SMILES string of the molecule is NC(=O)C[C@H](NC(=O)[C@@H](N)CC(=O)O)C(=O)N[C@@H](CCC(=O)O)C(=O)N[C@H](C=O)Cc1ccccc1. The van der Waals surface area contributed by atoms with Gasteiger partial charge in [-0.1, -0.05) is 30.3 Å². The lowest BCUT2D eigenvalue weighted by molar-refractivity contribution is -0.140. The average molecular weight is 508 g/mol. The molecule has 0 heterocycles. The number of amides is 4. The van der Waals surface area contributed by atoms with Crippen molar-refractivity contribution >= 4 is 41.9 Å². The van der Waals surface area contributed by atoms with Gasteiger partial charge < -0.3 is 42.4 Å². The molecule has 4 amide bonds. The maximum atomic E-state index is 12.8. The second kappa shape index (κ2) is 14.8. The van der Waals surface area contributed by atoms with Crippen molar-refractivity contribution in [2.45, 2.75) is 56.3 Å². The molecule has 1 aromatic carbocycles. The first kappa shape index (κ1) is 29.7. The highest BCUT2D eigenvalue weighted by Crippen LogP contribution is 2.05. The van der Waals surface area contributed by atoms with E-state index < -0.39 is 79.0 Å². The highest BCUT2D eigenvalue weighted by Gasteiger charge is 2.30. The van der Waals surface area contributed by atoms with Crippen LogP contribution in [0.3, 0.4) is 0 Å². The molecule has 0 radical (unpaired) electrons. The van der Waals surface area contributed by atoms with Crippen molar-refractivity contribution in [1.82, 2.24) is 16.0 Å². The molecule has 0 spiro atoms. The predicted octanol–water partition coefficient (Wildman–Crippen LogP) is -2.58. The highest BCUT2D eigenvalue weighted by atomic mass is 16.4. The van der Waals surface area contributed by atoms with E-state index in [0.29, 0.717) is 6.29 Å². The number of carbonyl (C=O) groups excluding carboxylic acids is 5. The number of carboxylic acids is 2. The predicted molar refractivity (Wildman–Crippen MR) is 123 cm³/mol. The van der Waals surface area contributed by atoms with E-state index in [1.54, 1.807) is 30.3 Å². The van der Waals surface area contributed by atoms with Crippen LogP contribution in [0.5, 0.6) is 0 Å². The van der Waals surface area contributed by atoms with Gasteiger partial charge in [-0.05, 0) is 18.4 Å². The minimum atomic E-state index is -1.62. The van der Waals surface area contributed by atoms with Crippen LogP contribution in [-0.4, -0.2) is 76.2 Å². The van der Waals surface area contributed by atoms with Crippen LogP contribution in [0.4, 0.5) is 0 Å². The van der Waals surface area contributed by atoms with Gasteiger partial charge in [-0.25, -0.2) is 0 Å². The normalized spacial score (nSPS) is 13.8. The van der Waals surface area contributed by atoms with Crippen LogP contribution in [0.1, 0.15) is 31.2 Å². The molecule has 1 rings (SSSR count). The smallest absolute Gasteiger partial charge is 0.305 e. The molecule has 196 valence electrons. The number of hydrogen-bond acceptors (Lipinski definition) is 8. The highest BCUT2D eigenvalue weighted by molar-refractivity contribution is 5.96. The van der Waals surface area contributed by atoms with Gasteiger partial charge in [0.1, 0.15) is 18.4 Å². The summed E-state index contributed by atoms with van der Waals surface area (Å²) in [5.74, 6) is -6.64. The number of benzene rings is 1. The Morgan fingerprint density at radius 2 is 1.42 bits per heavy atom. The Kier molecular flexibility index (Phi) is 12.2. The van der Waals surface area contributed by atoms with Crippen LogP contribution in [0.25, 0.3) is 0 Å². The standard InChI is InChI=1S/C22H29N5O9/c23-14(9-19(32)33)20(34)27-16(10-17(24)29)22(36)26-15(6-7-18(30)31)21(35)25-13(11-28)8-12-4-2-1-3-5-12/h1-5,11,13-16H,6-10,23H2,(H2,24,29)(H,25,35)(H,26,36)(H,27,34)(H,30,31)(H,32,33)/t13-,14-,15-,16-/m0/s1. The van der Waals surface area contributed by atoms with E-state index in [1.807, 2.05) is 0 Å². The van der Waals surface area contributed by atoms with Gasteiger partial charge >= 0.3 is 11.9 Å². The first-order valence-corrected chi connectivity index (χ1v) is 10.8. The van der Waals surface area contributed by atoms with E-state index in [2.05, 4.69) is 16.0 Å². The number of carboxylic acid groups (broad SMARTS) is 2. The lowest BCUT2D eigenvalue weighted by atomic mass is 10.0. The molecule has 0 fully saturated rings. The molecule has 0 aliphatic carbocycles. The van der Waals surface area contributed by atoms with Crippen molar-refractivity contribution in [3.05, 3.63) is 35.9 Å². The number of aldehydes is 1. The molecule has 36 heavy (non-hydrogen) atoms. The monoisotopic (exact) mass is 507 g/mol. The molecule has 0 aliphatic heterocycles. The van der Waals surface area contributed by atoms with E-state index in [1.165, 1.54) is 0 Å². The van der Waals surface area contributed by atoms with Gasteiger partial charge in [-0.3, -0.25) is 28.8 Å². The summed E-state index contributed by atoms with van der Waals surface area (Å²) in [7, 11) is 0. The van der Waals surface area contributed by atoms with Gasteiger partial charge in [0.05, 0.1) is 24.9 Å². The fourth-order valence-corrected chi connectivity index (χ4v) is 3.06. The summed E-state index contributed by atoms with van der Waals surface area (Å²) in [6.07, 6.45) is -1.75. The van der Waals surface area contributed by atoms with Crippen molar-refractivity contribution in [2.24, 2.45) is 11.5 Å². The minimum Gasteiger partial charge on any atom is -0.481 e. The molecule has 0 bridgehead atoms. The van der Waals surface area contributed by atoms with Crippen LogP contribution in [0.15, 0.2) is 30.3 Å². The van der Waals surface area contributed by atoms with E-state index in [9.17, 15) is 33.6 Å². The zero-order chi connectivity index (χ0) is 27.3. The van der Waals surface area contributed by atoms with Crippen LogP contribution >= 0.6 is 0 Å². The van der Waals surface area contributed by atoms with E-state index in [0.717, 1.165) is 5.56 Å². The maximum absolute atomic E-state index is 12.8. The van der Waals surface area contributed by atoms with Gasteiger partial charge in [0.2, 0.25) is 23.6 Å². The summed E-state index contributed by atoms with van der Waals surface area (Å²) in [4.78, 5) is 82.4. The topological polar surface area (TPSA) is 248 Å². The number of carbonyl (C=O) groups is 7. The molecule has 0 unspecified atom stereocenters. The van der Waals surface area contributed by atoms with Crippen molar-refractivity contribution in [3.8, 4) is 0 Å². The van der Waals surface area contributed by atoms with Crippen molar-refractivity contribution < 1.29 is 43.8 Å². The molecule has 4 atom stereocenters. The summed E-state index contributed by atoms with van der Waals surface area (Å²) >= 11 is 0. The Bertz CT molecular complexity index is 970. The van der Waals surface area contributed by atoms with Crippen LogP contribution in [-0.2, 0) is 40.0 Å². The largest absolute Gasteiger partial charge is 0.481 e. The van der Waals surface area contributed by atoms with Crippen LogP contribution < -0.4 is 27.4 Å². The number of nitrogens with two attached hydrogens (primary N) is 2. The molecular weight excluding hydrogens is 478 g/mol. The fourth-order valence-electron chi connectivity index (χ4n) is 3.06. The molecule has 14 nitrogen and oxygen atoms in total. The second-order valence-electron chi connectivity index (χ2n) is 7.87. The van der Waals surface area contributed by atoms with Crippen LogP contribution in [0.2, 0.25) is 0 Å². The van der Waals surface area contributed by atoms with Gasteiger partial charge in [-0.15, -0.1) is 0 Å². The zero-order valence-corrected chi connectivity index (χ0v) is 19.2. The molecule has 0 saturated heterocycles. The summed E-state index contributed by atoms with van der Waals surface area (Å²) in [6.45, 7) is 0. The third kappa shape index (κ3) is 11.2. The number of primary amides is 1. The molecule has 1 aromatic rings. The van der Waals surface area contributed by atoms with Crippen LogP contribution in [0, 0.1) is 0 Å². The Morgan fingerprint density at radius 1 is 0.833 bits per heavy atom. The quantitative estimate of drug-likeness (QED) is 0.115. The number of aliphatic carboxylic acids is 2. The summed E-state index contributed by atoms with van der Waals surface area (Å²) in [6, 6.07) is 3.12. The third-order valence-corrected chi connectivity index (χ3v) is 4.84. The molecule has 0 saturated carbocycles. The maximum Gasteiger partial charge on any atom is 0.305 e. The Balaban J connectivity index is 2.99. The zero-order valence-electron chi connectivity index (χ0n) is 19.2. The summed E-state index contributed by atoms with van der Waals surface area (Å²) in [5, 5.41) is 24.5. The molecule has 0 aromatic heterocycles. The first-order valence-electron chi connectivity index (χ1n) is 10.8. The van der Waals surface area contributed by atoms with Gasteiger partial charge in [0.15, 0.2) is 0 Å². The molecule has 14 heteroatoms. The summed E-state index contributed by atoms with van der Waals surface area (Å²) in [5.41, 5.74) is 11.3. The Morgan fingerprint density at radius 3 is 1.94 bits per heavy atom. The van der Waals surface area contributed by atoms with Crippen molar-refractivity contribution in [3.63, 3.8) is 0 Å². The average Bonchev–Trinajstić information content (AvgIpc) is 2.80. The van der Waals surface area contributed by atoms with E-state index in [4.69, 9.17) is 21.7 Å². The van der Waals surface area contributed by atoms with Crippen molar-refractivity contribution in [2.75, 3.05) is 0 Å². The third-order valence-electron chi connectivity index (χ3n) is 4.84. The van der Waals surface area contributed by atoms with Gasteiger partial charge in [0.25, 0.3) is 0 Å². The lowest BCUT2D eigenvalue weighted by Crippen LogP contribution is -2.57. The minimum absolute atomic E-state index is 0.136. The Hall–Kier alpha value is -4.33. The van der Waals surface area contributed by atoms with E-state index >= 15 is 0 Å². The first-order chi connectivity index (χ1) is 16.9. The number of rotatable bonds is 16. The molecule has 9 N–H and O–H groups in total. The van der Waals surface area contributed by atoms with E-state index in [-0.39, 0.29) is 12.8 Å². The second-order valence-corrected chi connectivity index (χ2v) is 7.87. The van der Waals surface area contributed by atoms with Gasteiger partial charge in [0, 0.05) is 6.42 Å².